The Morgan fingerprint density at radius 2 is 1.84 bits per heavy atom. The molecule has 0 N–H and O–H groups in total. The number of nitrogens with zero attached hydrogens (tertiary/aromatic N) is 1. The lowest BCUT2D eigenvalue weighted by Gasteiger charge is -2.11. The molecule has 0 aliphatic rings. The summed E-state index contributed by atoms with van der Waals surface area (Å²) in [6.07, 6.45) is 2.75. The summed E-state index contributed by atoms with van der Waals surface area (Å²) >= 11 is 3.18. The molecule has 0 radical (unpaired) electrons. The molecule has 0 saturated carbocycles. The van der Waals surface area contributed by atoms with E-state index >= 15 is 0 Å². The number of halogens is 2. The van der Waals surface area contributed by atoms with Crippen molar-refractivity contribution in [1.82, 2.24) is 4.90 Å². The maximum atomic E-state index is 13.7. The fourth-order valence-corrected chi connectivity index (χ4v) is 2.22. The smallest absolute Gasteiger partial charge is 0.259 e. The number of carbonyl (C=O) groups is 2. The SMILES string of the molecule is CN(C)C(=O)COc1ccc(C(=O)C=Cc2ccc(Br)cc2F)cc1. The van der Waals surface area contributed by atoms with Gasteiger partial charge in [-0.3, -0.25) is 9.59 Å². The van der Waals surface area contributed by atoms with Crippen molar-refractivity contribution in [3.8, 4) is 5.75 Å². The third-order valence-corrected chi connectivity index (χ3v) is 3.87. The van der Waals surface area contributed by atoms with E-state index in [2.05, 4.69) is 15.9 Å². The molecular weight excluding hydrogens is 389 g/mol. The normalized spacial score (nSPS) is 10.7. The average molecular weight is 406 g/mol. The van der Waals surface area contributed by atoms with Gasteiger partial charge in [-0.1, -0.05) is 22.0 Å². The van der Waals surface area contributed by atoms with E-state index in [1.165, 1.54) is 23.1 Å². The lowest BCUT2D eigenvalue weighted by Crippen LogP contribution is -2.27. The zero-order chi connectivity index (χ0) is 18.4. The molecule has 1 amide bonds. The van der Waals surface area contributed by atoms with Gasteiger partial charge in [-0.05, 0) is 48.6 Å². The van der Waals surface area contributed by atoms with Gasteiger partial charge in [0.1, 0.15) is 11.6 Å². The van der Waals surface area contributed by atoms with Gasteiger partial charge in [0.2, 0.25) is 0 Å². The summed E-state index contributed by atoms with van der Waals surface area (Å²) in [5.41, 5.74) is 0.777. The fraction of sp³-hybridized carbons (Fsp3) is 0.158. The van der Waals surface area contributed by atoms with Crippen molar-refractivity contribution in [2.45, 2.75) is 0 Å². The van der Waals surface area contributed by atoms with Crippen LogP contribution in [0.4, 0.5) is 4.39 Å². The number of carbonyl (C=O) groups excluding carboxylic acids is 2. The number of ether oxygens (including phenoxy) is 1. The van der Waals surface area contributed by atoms with Crippen LogP contribution in [0, 0.1) is 5.82 Å². The predicted octanol–water partition coefficient (Wildman–Crippen LogP) is 3.95. The van der Waals surface area contributed by atoms with Crippen LogP contribution in [0.3, 0.4) is 0 Å². The van der Waals surface area contributed by atoms with E-state index in [-0.39, 0.29) is 18.3 Å². The van der Waals surface area contributed by atoms with E-state index in [1.54, 1.807) is 50.5 Å². The molecule has 2 aromatic carbocycles. The minimum Gasteiger partial charge on any atom is -0.484 e. The molecule has 2 rings (SSSR count). The molecule has 0 aliphatic heterocycles. The zero-order valence-electron chi connectivity index (χ0n) is 13.8. The van der Waals surface area contributed by atoms with Crippen molar-refractivity contribution < 1.29 is 18.7 Å². The molecule has 0 saturated heterocycles. The van der Waals surface area contributed by atoms with E-state index in [0.29, 0.717) is 21.3 Å². The van der Waals surface area contributed by atoms with Crippen molar-refractivity contribution in [3.05, 3.63) is 70.0 Å². The van der Waals surface area contributed by atoms with Crippen LogP contribution in [0.15, 0.2) is 53.0 Å². The van der Waals surface area contributed by atoms with Crippen molar-refractivity contribution in [1.29, 1.82) is 0 Å². The number of allylic oxidation sites excluding steroid dienone is 1. The highest BCUT2D eigenvalue weighted by molar-refractivity contribution is 9.10. The molecule has 0 aromatic heterocycles. The first-order valence-corrected chi connectivity index (χ1v) is 8.26. The maximum absolute atomic E-state index is 13.7. The summed E-state index contributed by atoms with van der Waals surface area (Å²) in [5, 5.41) is 0. The van der Waals surface area contributed by atoms with Gasteiger partial charge in [0.15, 0.2) is 12.4 Å². The summed E-state index contributed by atoms with van der Waals surface area (Å²) < 4.78 is 19.7. The van der Waals surface area contributed by atoms with Crippen LogP contribution in [0.1, 0.15) is 15.9 Å². The number of likely N-dealkylation sites (N-methyl/N-ethyl adjacent to an activating group) is 1. The van der Waals surface area contributed by atoms with Crippen LogP contribution >= 0.6 is 15.9 Å². The Bertz CT molecular complexity index is 801. The van der Waals surface area contributed by atoms with Gasteiger partial charge in [-0.15, -0.1) is 0 Å². The average Bonchev–Trinajstić information content (AvgIpc) is 2.59. The fourth-order valence-electron chi connectivity index (χ4n) is 1.89. The quantitative estimate of drug-likeness (QED) is 0.539. The van der Waals surface area contributed by atoms with Gasteiger partial charge in [-0.25, -0.2) is 4.39 Å². The molecule has 0 heterocycles. The summed E-state index contributed by atoms with van der Waals surface area (Å²) in [6, 6.07) is 11.1. The van der Waals surface area contributed by atoms with Crippen LogP contribution in [-0.2, 0) is 4.79 Å². The first-order chi connectivity index (χ1) is 11.9. The number of rotatable bonds is 6. The Morgan fingerprint density at radius 3 is 2.44 bits per heavy atom. The van der Waals surface area contributed by atoms with Crippen LogP contribution in [0.25, 0.3) is 6.08 Å². The van der Waals surface area contributed by atoms with E-state index in [0.717, 1.165) is 0 Å². The highest BCUT2D eigenvalue weighted by Crippen LogP contribution is 2.17. The van der Waals surface area contributed by atoms with Gasteiger partial charge in [0, 0.05) is 29.7 Å². The second-order valence-corrected chi connectivity index (χ2v) is 6.38. The minimum atomic E-state index is -0.410. The van der Waals surface area contributed by atoms with Crippen LogP contribution in [-0.4, -0.2) is 37.3 Å². The van der Waals surface area contributed by atoms with Crippen molar-refractivity contribution in [3.63, 3.8) is 0 Å². The molecule has 2 aromatic rings. The van der Waals surface area contributed by atoms with Gasteiger partial charge < -0.3 is 9.64 Å². The summed E-state index contributed by atoms with van der Waals surface area (Å²) in [5.74, 6) is -0.319. The number of ketones is 1. The largest absolute Gasteiger partial charge is 0.484 e. The first-order valence-electron chi connectivity index (χ1n) is 7.47. The Hall–Kier alpha value is -2.47. The Kier molecular flexibility index (Phi) is 6.47. The lowest BCUT2D eigenvalue weighted by molar-refractivity contribution is -0.130. The predicted molar refractivity (Wildman–Crippen MR) is 98.1 cm³/mol. The van der Waals surface area contributed by atoms with Crippen LogP contribution in [0.2, 0.25) is 0 Å². The van der Waals surface area contributed by atoms with Crippen LogP contribution < -0.4 is 4.74 Å². The van der Waals surface area contributed by atoms with E-state index in [1.807, 2.05) is 0 Å². The monoisotopic (exact) mass is 405 g/mol. The second-order valence-electron chi connectivity index (χ2n) is 5.46. The van der Waals surface area contributed by atoms with E-state index in [9.17, 15) is 14.0 Å². The molecule has 4 nitrogen and oxygen atoms in total. The summed E-state index contributed by atoms with van der Waals surface area (Å²) in [4.78, 5) is 25.0. The molecule has 0 spiro atoms. The molecule has 6 heteroatoms. The standard InChI is InChI=1S/C19H17BrFNO3/c1-22(2)19(24)12-25-16-8-4-14(5-9-16)18(23)10-6-13-3-7-15(20)11-17(13)21/h3-11H,12H2,1-2H3. The maximum Gasteiger partial charge on any atom is 0.259 e. The molecule has 0 aliphatic carbocycles. The lowest BCUT2D eigenvalue weighted by atomic mass is 10.1. The van der Waals surface area contributed by atoms with E-state index < -0.39 is 5.82 Å². The highest BCUT2D eigenvalue weighted by atomic mass is 79.9. The number of amides is 1. The molecule has 0 bridgehead atoms. The molecular formula is C19H17BrFNO3. The Labute approximate surface area is 154 Å². The van der Waals surface area contributed by atoms with Gasteiger partial charge in [0.05, 0.1) is 0 Å². The number of hydrogen-bond acceptors (Lipinski definition) is 3. The molecule has 0 atom stereocenters. The van der Waals surface area contributed by atoms with E-state index in [4.69, 9.17) is 4.74 Å². The van der Waals surface area contributed by atoms with Gasteiger partial charge >= 0.3 is 0 Å². The van der Waals surface area contributed by atoms with Crippen molar-refractivity contribution >= 4 is 33.7 Å². The molecule has 0 unspecified atom stereocenters. The topological polar surface area (TPSA) is 46.6 Å². The third-order valence-electron chi connectivity index (χ3n) is 3.38. The number of benzene rings is 2. The Morgan fingerprint density at radius 1 is 1.16 bits per heavy atom. The third kappa shape index (κ3) is 5.53. The zero-order valence-corrected chi connectivity index (χ0v) is 15.4. The van der Waals surface area contributed by atoms with Crippen molar-refractivity contribution in [2.75, 3.05) is 20.7 Å². The first kappa shape index (κ1) is 18.9. The van der Waals surface area contributed by atoms with Gasteiger partial charge in [0.25, 0.3) is 5.91 Å². The highest BCUT2D eigenvalue weighted by Gasteiger charge is 2.07. The van der Waals surface area contributed by atoms with Gasteiger partial charge in [-0.2, -0.15) is 0 Å². The molecule has 0 fully saturated rings. The molecule has 130 valence electrons. The Balaban J connectivity index is 2.00. The van der Waals surface area contributed by atoms with Crippen LogP contribution in [0.5, 0.6) is 5.75 Å². The summed E-state index contributed by atoms with van der Waals surface area (Å²) in [6.45, 7) is -0.0664. The minimum absolute atomic E-state index is 0.0664. The van der Waals surface area contributed by atoms with Crippen molar-refractivity contribution in [2.24, 2.45) is 0 Å². The molecule has 25 heavy (non-hydrogen) atoms. The second kappa shape index (κ2) is 8.58. The summed E-state index contributed by atoms with van der Waals surface area (Å²) in [7, 11) is 3.29. The number of hydrogen-bond donors (Lipinski definition) is 0.